The molecule has 1 amide bonds. The van der Waals surface area contributed by atoms with Crippen LogP contribution in [0.1, 0.15) is 83.3 Å². The molecule has 1 aromatic heterocycles. The molecule has 1 saturated heterocycles. The van der Waals surface area contributed by atoms with Crippen LogP contribution in [0.2, 0.25) is 0 Å². The molecule has 1 aliphatic heterocycles. The molecule has 2 heterocycles. The van der Waals surface area contributed by atoms with Crippen molar-refractivity contribution < 1.29 is 28.2 Å². The van der Waals surface area contributed by atoms with Crippen molar-refractivity contribution in [2.45, 2.75) is 95.4 Å². The first-order chi connectivity index (χ1) is 27.7. The lowest BCUT2D eigenvalue weighted by Crippen LogP contribution is -2.49. The fourth-order valence-electron chi connectivity index (χ4n) is 7.50. The van der Waals surface area contributed by atoms with E-state index in [0.29, 0.717) is 31.6 Å². The quantitative estimate of drug-likeness (QED) is 0.108. The molecule has 1 aliphatic rings. The molecular formula is C48H57N3O6S. The van der Waals surface area contributed by atoms with Crippen LogP contribution in [-0.4, -0.2) is 64.5 Å². The Morgan fingerprint density at radius 2 is 1.21 bits per heavy atom. The van der Waals surface area contributed by atoms with E-state index in [-0.39, 0.29) is 35.4 Å². The second-order valence-electron chi connectivity index (χ2n) is 16.0. The minimum Gasteiger partial charge on any atom is -0.481 e. The van der Waals surface area contributed by atoms with Gasteiger partial charge in [0.1, 0.15) is 0 Å². The molecule has 5 atom stereocenters. The number of aliphatic carboxylic acids is 1. The third-order valence-corrected chi connectivity index (χ3v) is 12.5. The van der Waals surface area contributed by atoms with Crippen molar-refractivity contribution in [3.8, 4) is 22.3 Å². The first-order valence-electron chi connectivity index (χ1n) is 20.2. The maximum Gasteiger partial charge on any atom is 0.310 e. The van der Waals surface area contributed by atoms with Gasteiger partial charge in [0, 0.05) is 18.8 Å². The number of benzene rings is 4. The van der Waals surface area contributed by atoms with Crippen LogP contribution >= 0.6 is 0 Å². The molecule has 2 unspecified atom stereocenters. The third-order valence-electron chi connectivity index (χ3n) is 10.6. The molecule has 1 fully saturated rings. The van der Waals surface area contributed by atoms with E-state index >= 15 is 0 Å². The Balaban J connectivity index is 0.000000269. The Kier molecular flexibility index (Phi) is 15.5. The average molecular weight is 804 g/mol. The topological polar surface area (TPSA) is 137 Å². The summed E-state index contributed by atoms with van der Waals surface area (Å²) in [5.41, 5.74) is 6.12. The van der Waals surface area contributed by atoms with Crippen LogP contribution < -0.4 is 5.32 Å². The van der Waals surface area contributed by atoms with E-state index in [1.165, 1.54) is 16.6 Å². The van der Waals surface area contributed by atoms with Gasteiger partial charge in [-0.3, -0.25) is 9.59 Å². The Morgan fingerprint density at radius 3 is 1.71 bits per heavy atom. The number of aliphatic hydroxyl groups is 1. The summed E-state index contributed by atoms with van der Waals surface area (Å²) in [5.74, 6) is -1.08. The van der Waals surface area contributed by atoms with Gasteiger partial charge in [-0.05, 0) is 90.0 Å². The second-order valence-corrected chi connectivity index (χ2v) is 17.9. The fraction of sp³-hybridized carbons (Fsp3) is 0.354. The lowest BCUT2D eigenvalue weighted by atomic mass is 9.87. The number of sulfonamides is 1. The molecule has 58 heavy (non-hydrogen) atoms. The van der Waals surface area contributed by atoms with Gasteiger partial charge in [-0.15, -0.1) is 0 Å². The van der Waals surface area contributed by atoms with Gasteiger partial charge in [-0.25, -0.2) is 13.4 Å². The summed E-state index contributed by atoms with van der Waals surface area (Å²) in [7, 11) is -3.88. The van der Waals surface area contributed by atoms with E-state index in [4.69, 9.17) is 0 Å². The fourth-order valence-corrected chi connectivity index (χ4v) is 9.12. The highest BCUT2D eigenvalue weighted by molar-refractivity contribution is 7.89. The average Bonchev–Trinajstić information content (AvgIpc) is 3.37. The number of nitrogens with one attached hydrogen (secondary N) is 1. The molecule has 5 aromatic rings. The Morgan fingerprint density at radius 1 is 0.707 bits per heavy atom. The highest BCUT2D eigenvalue weighted by Crippen LogP contribution is 2.31. The minimum absolute atomic E-state index is 0.0446. The maximum atomic E-state index is 13.7. The van der Waals surface area contributed by atoms with E-state index in [9.17, 15) is 28.2 Å². The zero-order valence-corrected chi connectivity index (χ0v) is 34.9. The first-order valence-corrected chi connectivity index (χ1v) is 21.6. The summed E-state index contributed by atoms with van der Waals surface area (Å²) >= 11 is 0. The summed E-state index contributed by atoms with van der Waals surface area (Å²) in [5, 5.41) is 23.6. The SMILES string of the molecule is CC(C)CC(C(=O)N[C@@H]1CC[C@@H](C)N(S(=O)(=O)c2ccccn2)C[C@H]1O)c1cccc(-c2ccccc2)c1.CC(C)CC(C(=O)O)c1cccc(-c2ccccc2)c1. The van der Waals surface area contributed by atoms with Crippen molar-refractivity contribution in [2.75, 3.05) is 6.54 Å². The number of carbonyl (C=O) groups excluding carboxylic acids is 1. The molecule has 3 N–H and O–H groups in total. The number of carboxylic acid groups (broad SMARTS) is 1. The molecule has 4 aromatic carbocycles. The molecular weight excluding hydrogens is 747 g/mol. The number of rotatable bonds is 13. The smallest absolute Gasteiger partial charge is 0.310 e. The van der Waals surface area contributed by atoms with Crippen LogP contribution in [-0.2, 0) is 19.6 Å². The zero-order valence-electron chi connectivity index (χ0n) is 34.1. The summed E-state index contributed by atoms with van der Waals surface area (Å²) in [4.78, 5) is 29.2. The molecule has 6 rings (SSSR count). The van der Waals surface area contributed by atoms with Gasteiger partial charge in [0.2, 0.25) is 5.91 Å². The van der Waals surface area contributed by atoms with Crippen molar-refractivity contribution in [2.24, 2.45) is 11.8 Å². The maximum absolute atomic E-state index is 13.7. The van der Waals surface area contributed by atoms with Gasteiger partial charge in [0.05, 0.1) is 24.0 Å². The van der Waals surface area contributed by atoms with Crippen molar-refractivity contribution in [1.29, 1.82) is 0 Å². The molecule has 0 saturated carbocycles. The van der Waals surface area contributed by atoms with E-state index in [1.54, 1.807) is 12.1 Å². The van der Waals surface area contributed by atoms with Gasteiger partial charge >= 0.3 is 5.97 Å². The number of β-amino-alcohol motifs (C(OH)–C–C–N with tert-alkyl or cyclic N) is 1. The van der Waals surface area contributed by atoms with Crippen molar-refractivity contribution in [3.63, 3.8) is 0 Å². The van der Waals surface area contributed by atoms with Gasteiger partial charge in [-0.1, -0.05) is 143 Å². The van der Waals surface area contributed by atoms with Gasteiger partial charge in [-0.2, -0.15) is 4.31 Å². The summed E-state index contributed by atoms with van der Waals surface area (Å²) < 4.78 is 27.8. The molecule has 0 aliphatic carbocycles. The highest BCUT2D eigenvalue weighted by Gasteiger charge is 2.38. The van der Waals surface area contributed by atoms with Crippen LogP contribution in [0.5, 0.6) is 0 Å². The predicted octanol–water partition coefficient (Wildman–Crippen LogP) is 9.17. The van der Waals surface area contributed by atoms with E-state index in [1.807, 2.05) is 110 Å². The molecule has 0 bridgehead atoms. The van der Waals surface area contributed by atoms with Crippen LogP contribution in [0.4, 0.5) is 0 Å². The lowest BCUT2D eigenvalue weighted by Gasteiger charge is -2.28. The predicted molar refractivity (Wildman–Crippen MR) is 231 cm³/mol. The second kappa shape index (κ2) is 20.5. The lowest BCUT2D eigenvalue weighted by molar-refractivity contribution is -0.139. The van der Waals surface area contributed by atoms with Crippen LogP contribution in [0.3, 0.4) is 0 Å². The molecule has 306 valence electrons. The number of hydrogen-bond acceptors (Lipinski definition) is 6. The highest BCUT2D eigenvalue weighted by atomic mass is 32.2. The van der Waals surface area contributed by atoms with Gasteiger partial charge < -0.3 is 15.5 Å². The van der Waals surface area contributed by atoms with Gasteiger partial charge in [0.25, 0.3) is 10.0 Å². The number of aromatic nitrogens is 1. The Bertz CT molecular complexity index is 2180. The van der Waals surface area contributed by atoms with Crippen molar-refractivity contribution >= 4 is 21.9 Å². The summed E-state index contributed by atoms with van der Waals surface area (Å²) in [6.45, 7) is 10.00. The summed E-state index contributed by atoms with van der Waals surface area (Å²) in [6, 6.07) is 39.9. The molecule has 10 heteroatoms. The number of nitrogens with zero attached hydrogens (tertiary/aromatic N) is 2. The van der Waals surface area contributed by atoms with Crippen molar-refractivity contribution in [3.05, 3.63) is 145 Å². The Hall–Kier alpha value is -5.16. The number of pyridine rings is 1. The van der Waals surface area contributed by atoms with E-state index in [2.05, 4.69) is 44.1 Å². The van der Waals surface area contributed by atoms with E-state index in [0.717, 1.165) is 33.4 Å². The van der Waals surface area contributed by atoms with Crippen molar-refractivity contribution in [1.82, 2.24) is 14.6 Å². The number of aliphatic hydroxyl groups excluding tert-OH is 1. The Labute approximate surface area is 344 Å². The minimum atomic E-state index is -3.88. The van der Waals surface area contributed by atoms with Crippen LogP contribution in [0, 0.1) is 11.8 Å². The number of carbonyl (C=O) groups is 2. The zero-order chi connectivity index (χ0) is 41.8. The largest absolute Gasteiger partial charge is 0.481 e. The molecule has 9 nitrogen and oxygen atoms in total. The molecule has 0 spiro atoms. The number of carboxylic acids is 1. The van der Waals surface area contributed by atoms with Crippen LogP contribution in [0.15, 0.2) is 139 Å². The standard InChI is InChI=1S/C30H37N3O4S.C18H20O2/c1-21(2)18-26(25-13-9-12-24(19-25)23-10-5-4-6-11-23)30(35)32-27-16-15-22(3)33(20-28(27)34)38(36,37)29-14-7-8-17-31-29;1-13(2)11-17(18(19)20)16-10-6-9-15(12-16)14-7-4-3-5-8-14/h4-14,17,19,21-22,26-28,34H,15-16,18,20H2,1-3H3,(H,32,35);3-10,12-13,17H,11H2,1-2H3,(H,19,20)/t22-,26?,27-,28-;/m1./s1. The van der Waals surface area contributed by atoms with Gasteiger partial charge in [0.15, 0.2) is 5.03 Å². The first kappa shape index (κ1) is 44.0. The number of amides is 1. The normalized spacial score (nSPS) is 18.4. The van der Waals surface area contributed by atoms with Crippen LogP contribution in [0.25, 0.3) is 22.3 Å². The van der Waals surface area contributed by atoms with E-state index < -0.39 is 34.1 Å². The summed E-state index contributed by atoms with van der Waals surface area (Å²) in [6.07, 6.45) is 2.69. The monoisotopic (exact) mass is 803 g/mol. The molecule has 0 radical (unpaired) electrons. The third kappa shape index (κ3) is 11.7. The number of hydrogen-bond donors (Lipinski definition) is 3.